The second kappa shape index (κ2) is 5.17. The molecule has 0 spiro atoms. The van der Waals surface area contributed by atoms with Gasteiger partial charge in [-0.3, -0.25) is 0 Å². The van der Waals surface area contributed by atoms with E-state index in [1.165, 1.54) is 6.26 Å². The van der Waals surface area contributed by atoms with Crippen molar-refractivity contribution in [2.45, 2.75) is 13.0 Å². The summed E-state index contributed by atoms with van der Waals surface area (Å²) < 4.78 is 4.84. The summed E-state index contributed by atoms with van der Waals surface area (Å²) in [6.45, 7) is 1.08. The van der Waals surface area contributed by atoms with Gasteiger partial charge < -0.3 is 14.4 Å². The fourth-order valence-electron chi connectivity index (χ4n) is 1.26. The molecule has 0 radical (unpaired) electrons. The van der Waals surface area contributed by atoms with Crippen molar-refractivity contribution in [3.63, 3.8) is 0 Å². The van der Waals surface area contributed by atoms with Crippen LogP contribution in [0.3, 0.4) is 0 Å². The molecule has 0 bridgehead atoms. The maximum Gasteiger partial charge on any atom is 0.372 e. The minimum absolute atomic E-state index is 0.0289. The number of hydrogen-bond acceptors (Lipinski definition) is 4. The Morgan fingerprint density at radius 3 is 3.07 bits per heavy atom. The Balaban J connectivity index is 2.60. The number of carboxylic acid groups (broad SMARTS) is 1. The van der Waals surface area contributed by atoms with E-state index in [-0.39, 0.29) is 5.76 Å². The van der Waals surface area contributed by atoms with E-state index in [1.54, 1.807) is 6.07 Å². The second-order valence-corrected chi connectivity index (χ2v) is 3.23. The van der Waals surface area contributed by atoms with Crippen molar-refractivity contribution >= 4 is 5.97 Å². The van der Waals surface area contributed by atoms with E-state index in [0.29, 0.717) is 25.1 Å². The van der Waals surface area contributed by atoms with Gasteiger partial charge in [-0.2, -0.15) is 5.26 Å². The average molecular weight is 208 g/mol. The van der Waals surface area contributed by atoms with Gasteiger partial charge in [-0.25, -0.2) is 4.79 Å². The fraction of sp³-hybridized carbons (Fsp3) is 0.400. The third-order valence-corrected chi connectivity index (χ3v) is 1.99. The number of hydrogen-bond donors (Lipinski definition) is 1. The van der Waals surface area contributed by atoms with E-state index in [2.05, 4.69) is 0 Å². The molecule has 1 aromatic heterocycles. The standard InChI is InChI=1S/C10H12N2O3/c1-12(5-2-4-11)7-8-3-6-15-9(8)10(13)14/h3,6H,2,5,7H2,1H3,(H,13,14). The van der Waals surface area contributed by atoms with Gasteiger partial charge in [-0.15, -0.1) is 0 Å². The number of furan rings is 1. The molecule has 0 fully saturated rings. The summed E-state index contributed by atoms with van der Waals surface area (Å²) in [5, 5.41) is 17.2. The molecular weight excluding hydrogens is 196 g/mol. The highest BCUT2D eigenvalue weighted by Crippen LogP contribution is 2.12. The van der Waals surface area contributed by atoms with Crippen molar-refractivity contribution in [2.75, 3.05) is 13.6 Å². The van der Waals surface area contributed by atoms with Crippen LogP contribution in [0.4, 0.5) is 0 Å². The highest BCUT2D eigenvalue weighted by Gasteiger charge is 2.14. The number of nitriles is 1. The number of nitrogens with zero attached hydrogens (tertiary/aromatic N) is 2. The smallest absolute Gasteiger partial charge is 0.372 e. The Labute approximate surface area is 87.5 Å². The molecule has 1 aromatic rings. The zero-order valence-corrected chi connectivity index (χ0v) is 8.43. The number of carboxylic acids is 1. The second-order valence-electron chi connectivity index (χ2n) is 3.23. The van der Waals surface area contributed by atoms with E-state index >= 15 is 0 Å². The van der Waals surface area contributed by atoms with Gasteiger partial charge in [0.1, 0.15) is 0 Å². The predicted molar refractivity (Wildman–Crippen MR) is 52.2 cm³/mol. The molecule has 1 N–H and O–H groups in total. The van der Waals surface area contributed by atoms with Crippen LogP contribution in [0.15, 0.2) is 16.7 Å². The molecule has 0 aliphatic carbocycles. The van der Waals surface area contributed by atoms with E-state index in [4.69, 9.17) is 14.8 Å². The van der Waals surface area contributed by atoms with Crippen LogP contribution < -0.4 is 0 Å². The Hall–Kier alpha value is -1.80. The first-order valence-electron chi connectivity index (χ1n) is 4.50. The van der Waals surface area contributed by atoms with Crippen LogP contribution in [0.25, 0.3) is 0 Å². The third-order valence-electron chi connectivity index (χ3n) is 1.99. The predicted octanol–water partition coefficient (Wildman–Crippen LogP) is 1.32. The van der Waals surface area contributed by atoms with Gasteiger partial charge in [0.25, 0.3) is 0 Å². The van der Waals surface area contributed by atoms with Crippen molar-refractivity contribution in [3.8, 4) is 6.07 Å². The molecule has 0 amide bonds. The Kier molecular flexibility index (Phi) is 3.89. The van der Waals surface area contributed by atoms with Crippen LogP contribution in [-0.2, 0) is 6.54 Å². The molecule has 80 valence electrons. The zero-order chi connectivity index (χ0) is 11.3. The summed E-state index contributed by atoms with van der Waals surface area (Å²) in [5.41, 5.74) is 0.628. The Bertz CT molecular complexity index is 378. The lowest BCUT2D eigenvalue weighted by Gasteiger charge is -2.13. The van der Waals surface area contributed by atoms with Gasteiger partial charge in [0.2, 0.25) is 5.76 Å². The highest BCUT2D eigenvalue weighted by molar-refractivity contribution is 5.86. The largest absolute Gasteiger partial charge is 0.475 e. The first-order chi connectivity index (χ1) is 7.15. The first kappa shape index (κ1) is 11.3. The van der Waals surface area contributed by atoms with E-state index < -0.39 is 5.97 Å². The molecule has 0 unspecified atom stereocenters. The van der Waals surface area contributed by atoms with Gasteiger partial charge >= 0.3 is 5.97 Å². The summed E-state index contributed by atoms with van der Waals surface area (Å²) in [7, 11) is 1.83. The van der Waals surface area contributed by atoms with E-state index in [9.17, 15) is 4.79 Å². The molecule has 15 heavy (non-hydrogen) atoms. The molecule has 0 atom stereocenters. The van der Waals surface area contributed by atoms with Gasteiger partial charge in [0.15, 0.2) is 0 Å². The molecule has 0 saturated carbocycles. The number of carbonyl (C=O) groups is 1. The maximum absolute atomic E-state index is 10.7. The molecule has 1 rings (SSSR count). The van der Waals surface area contributed by atoms with Crippen LogP contribution in [0, 0.1) is 11.3 Å². The fourth-order valence-corrected chi connectivity index (χ4v) is 1.26. The van der Waals surface area contributed by atoms with Gasteiger partial charge in [0, 0.05) is 25.1 Å². The maximum atomic E-state index is 10.7. The van der Waals surface area contributed by atoms with Crippen LogP contribution in [-0.4, -0.2) is 29.6 Å². The summed E-state index contributed by atoms with van der Waals surface area (Å²) in [4.78, 5) is 12.6. The third kappa shape index (κ3) is 3.11. The zero-order valence-electron chi connectivity index (χ0n) is 8.43. The summed E-state index contributed by atoms with van der Waals surface area (Å²) in [5.74, 6) is -1.09. The van der Waals surface area contributed by atoms with Crippen molar-refractivity contribution in [1.29, 1.82) is 5.26 Å². The van der Waals surface area contributed by atoms with Crippen molar-refractivity contribution in [2.24, 2.45) is 0 Å². The minimum Gasteiger partial charge on any atom is -0.475 e. The molecule has 0 saturated heterocycles. The lowest BCUT2D eigenvalue weighted by molar-refractivity contribution is 0.0659. The number of rotatable bonds is 5. The molecule has 5 heteroatoms. The van der Waals surface area contributed by atoms with Gasteiger partial charge in [0.05, 0.1) is 12.3 Å². The monoisotopic (exact) mass is 208 g/mol. The topological polar surface area (TPSA) is 77.5 Å². The SMILES string of the molecule is CN(CCC#N)Cc1ccoc1C(=O)O. The van der Waals surface area contributed by atoms with Gasteiger partial charge in [-0.05, 0) is 13.1 Å². The quantitative estimate of drug-likeness (QED) is 0.789. The molecular formula is C10H12N2O3. The van der Waals surface area contributed by atoms with E-state index in [1.807, 2.05) is 18.0 Å². The average Bonchev–Trinajstić information content (AvgIpc) is 2.62. The van der Waals surface area contributed by atoms with Crippen molar-refractivity contribution in [3.05, 3.63) is 23.7 Å². The molecule has 5 nitrogen and oxygen atoms in total. The summed E-state index contributed by atoms with van der Waals surface area (Å²) in [6, 6.07) is 3.67. The molecule has 0 aliphatic heterocycles. The van der Waals surface area contributed by atoms with Crippen LogP contribution in [0.1, 0.15) is 22.5 Å². The molecule has 0 aliphatic rings. The van der Waals surface area contributed by atoms with Crippen molar-refractivity contribution < 1.29 is 14.3 Å². The molecule has 1 heterocycles. The van der Waals surface area contributed by atoms with Crippen LogP contribution >= 0.6 is 0 Å². The molecule has 0 aromatic carbocycles. The lowest BCUT2D eigenvalue weighted by atomic mass is 10.2. The first-order valence-corrected chi connectivity index (χ1v) is 4.50. The van der Waals surface area contributed by atoms with E-state index in [0.717, 1.165) is 0 Å². The minimum atomic E-state index is -1.07. The number of aromatic carboxylic acids is 1. The van der Waals surface area contributed by atoms with Crippen molar-refractivity contribution in [1.82, 2.24) is 4.90 Å². The Morgan fingerprint density at radius 1 is 1.73 bits per heavy atom. The van der Waals surface area contributed by atoms with Gasteiger partial charge in [-0.1, -0.05) is 0 Å². The van der Waals surface area contributed by atoms with Crippen LogP contribution in [0.2, 0.25) is 0 Å². The summed E-state index contributed by atoms with van der Waals surface area (Å²) in [6.07, 6.45) is 1.79. The highest BCUT2D eigenvalue weighted by atomic mass is 16.4. The summed E-state index contributed by atoms with van der Waals surface area (Å²) >= 11 is 0. The normalized spacial score (nSPS) is 10.2. The lowest BCUT2D eigenvalue weighted by Crippen LogP contribution is -2.19. The Morgan fingerprint density at radius 2 is 2.47 bits per heavy atom. The van der Waals surface area contributed by atoms with Crippen LogP contribution in [0.5, 0.6) is 0 Å².